The van der Waals surface area contributed by atoms with Crippen molar-refractivity contribution in [2.75, 3.05) is 12.0 Å². The number of amides is 2. The molecule has 3 aromatic carbocycles. The van der Waals surface area contributed by atoms with Crippen LogP contribution in [-0.2, 0) is 16.2 Å². The van der Waals surface area contributed by atoms with Crippen LogP contribution in [0.25, 0.3) is 6.08 Å². The topological polar surface area (TPSA) is 105 Å². The molecule has 4 rings (SSSR count). The van der Waals surface area contributed by atoms with Crippen LogP contribution in [-0.4, -0.2) is 35.1 Å². The average molecular weight is 503 g/mol. The second-order valence-corrected chi connectivity index (χ2v) is 8.38. The molecule has 1 heterocycles. The third-order valence-electron chi connectivity index (χ3n) is 5.46. The van der Waals surface area contributed by atoms with Gasteiger partial charge in [-0.1, -0.05) is 35.9 Å². The lowest BCUT2D eigenvalue weighted by atomic mass is 10.1. The van der Waals surface area contributed by atoms with Gasteiger partial charge >= 0.3 is 5.97 Å². The first-order valence-corrected chi connectivity index (χ1v) is 11.3. The van der Waals surface area contributed by atoms with Gasteiger partial charge in [0.2, 0.25) is 0 Å². The molecule has 0 radical (unpaired) electrons. The number of rotatable bonds is 7. The minimum atomic E-state index is -1.02. The van der Waals surface area contributed by atoms with Crippen LogP contribution >= 0.6 is 12.2 Å². The Morgan fingerprint density at radius 3 is 2.50 bits per heavy atom. The van der Waals surface area contributed by atoms with Gasteiger partial charge in [0.05, 0.1) is 18.4 Å². The molecule has 9 heteroatoms. The number of nitrogens with one attached hydrogen (secondary N) is 1. The maximum Gasteiger partial charge on any atom is 0.335 e. The number of carboxylic acid groups (broad SMARTS) is 1. The Kier molecular flexibility index (Phi) is 7.12. The van der Waals surface area contributed by atoms with Crippen molar-refractivity contribution >= 4 is 46.9 Å². The molecule has 0 spiro atoms. The molecule has 1 aliphatic heterocycles. The molecule has 1 aliphatic rings. The van der Waals surface area contributed by atoms with Gasteiger partial charge < -0.3 is 14.6 Å². The first-order valence-electron chi connectivity index (χ1n) is 10.9. The summed E-state index contributed by atoms with van der Waals surface area (Å²) >= 11 is 5.24. The maximum absolute atomic E-state index is 13.2. The minimum Gasteiger partial charge on any atom is -0.493 e. The number of carboxylic acids is 1. The number of hydrogen-bond acceptors (Lipinski definition) is 6. The van der Waals surface area contributed by atoms with E-state index in [9.17, 15) is 14.4 Å². The number of anilines is 1. The number of carbonyl (C=O) groups is 3. The highest BCUT2D eigenvalue weighted by Gasteiger charge is 2.34. The molecule has 0 aliphatic carbocycles. The summed E-state index contributed by atoms with van der Waals surface area (Å²) in [4.78, 5) is 38.3. The van der Waals surface area contributed by atoms with E-state index in [0.717, 1.165) is 5.56 Å². The summed E-state index contributed by atoms with van der Waals surface area (Å²) in [6.45, 7) is 2.06. The van der Waals surface area contributed by atoms with Crippen molar-refractivity contribution in [3.05, 3.63) is 94.6 Å². The monoisotopic (exact) mass is 502 g/mol. The average Bonchev–Trinajstić information content (AvgIpc) is 2.86. The smallest absolute Gasteiger partial charge is 0.335 e. The molecule has 1 saturated heterocycles. The van der Waals surface area contributed by atoms with Gasteiger partial charge in [0.15, 0.2) is 16.6 Å². The van der Waals surface area contributed by atoms with Gasteiger partial charge in [-0.3, -0.25) is 19.8 Å². The summed E-state index contributed by atoms with van der Waals surface area (Å²) in [5.41, 5.74) is 2.89. The van der Waals surface area contributed by atoms with Crippen LogP contribution < -0.4 is 19.7 Å². The fraction of sp³-hybridized carbons (Fsp3) is 0.111. The molecule has 1 fully saturated rings. The Bertz CT molecular complexity index is 1400. The molecule has 0 aromatic heterocycles. The summed E-state index contributed by atoms with van der Waals surface area (Å²) in [5.74, 6) is -1.35. The van der Waals surface area contributed by atoms with E-state index >= 15 is 0 Å². The SMILES string of the molecule is COc1cc(C=C2C(=O)NC(=S)N(c3ccc(C)cc3)C2=O)ccc1OCc1cccc(C(=O)O)c1. The van der Waals surface area contributed by atoms with Crippen molar-refractivity contribution in [2.24, 2.45) is 0 Å². The first-order chi connectivity index (χ1) is 17.3. The molecule has 2 N–H and O–H groups in total. The van der Waals surface area contributed by atoms with Gasteiger partial charge in [-0.15, -0.1) is 0 Å². The molecule has 3 aromatic rings. The zero-order valence-corrected chi connectivity index (χ0v) is 20.3. The van der Waals surface area contributed by atoms with Crippen LogP contribution in [0.3, 0.4) is 0 Å². The highest BCUT2D eigenvalue weighted by Crippen LogP contribution is 2.30. The summed E-state index contributed by atoms with van der Waals surface area (Å²) in [6, 6.07) is 18.6. The van der Waals surface area contributed by atoms with Crippen LogP contribution in [0.1, 0.15) is 27.0 Å². The lowest BCUT2D eigenvalue weighted by Crippen LogP contribution is -2.54. The predicted octanol–water partition coefficient (Wildman–Crippen LogP) is 4.11. The zero-order chi connectivity index (χ0) is 25.8. The van der Waals surface area contributed by atoms with Crippen LogP contribution in [0, 0.1) is 6.92 Å². The Morgan fingerprint density at radius 2 is 1.81 bits per heavy atom. The van der Waals surface area contributed by atoms with E-state index < -0.39 is 17.8 Å². The number of hydrogen-bond donors (Lipinski definition) is 2. The molecule has 182 valence electrons. The molecule has 0 bridgehead atoms. The number of aryl methyl sites for hydroxylation is 1. The third kappa shape index (κ3) is 5.26. The largest absolute Gasteiger partial charge is 0.493 e. The first kappa shape index (κ1) is 24.6. The minimum absolute atomic E-state index is 0.0132. The van der Waals surface area contributed by atoms with Crippen molar-refractivity contribution in [2.45, 2.75) is 13.5 Å². The number of nitrogens with zero attached hydrogens (tertiary/aromatic N) is 1. The highest BCUT2D eigenvalue weighted by atomic mass is 32.1. The molecule has 0 atom stereocenters. The second-order valence-electron chi connectivity index (χ2n) is 8.00. The van der Waals surface area contributed by atoms with E-state index in [2.05, 4.69) is 5.32 Å². The Labute approximate surface area is 212 Å². The van der Waals surface area contributed by atoms with Gasteiger partial charge in [-0.25, -0.2) is 4.79 Å². The Hall–Kier alpha value is -4.50. The molecule has 2 amide bonds. The molecule has 36 heavy (non-hydrogen) atoms. The van der Waals surface area contributed by atoms with Gasteiger partial charge in [0.1, 0.15) is 12.2 Å². The zero-order valence-electron chi connectivity index (χ0n) is 19.5. The predicted molar refractivity (Wildman–Crippen MR) is 138 cm³/mol. The lowest BCUT2D eigenvalue weighted by molar-refractivity contribution is -0.122. The fourth-order valence-corrected chi connectivity index (χ4v) is 3.88. The van der Waals surface area contributed by atoms with E-state index in [4.69, 9.17) is 26.8 Å². The van der Waals surface area contributed by atoms with Gasteiger partial charge in [-0.2, -0.15) is 0 Å². The van der Waals surface area contributed by atoms with Crippen LogP contribution in [0.15, 0.2) is 72.3 Å². The summed E-state index contributed by atoms with van der Waals surface area (Å²) in [5, 5.41) is 11.7. The summed E-state index contributed by atoms with van der Waals surface area (Å²) < 4.78 is 11.3. The number of methoxy groups -OCH3 is 1. The quantitative estimate of drug-likeness (QED) is 0.285. The van der Waals surface area contributed by atoms with Crippen LogP contribution in [0.2, 0.25) is 0 Å². The van der Waals surface area contributed by atoms with Crippen LogP contribution in [0.5, 0.6) is 11.5 Å². The van der Waals surface area contributed by atoms with Crippen molar-refractivity contribution in [3.8, 4) is 11.5 Å². The maximum atomic E-state index is 13.2. The molecule has 8 nitrogen and oxygen atoms in total. The summed E-state index contributed by atoms with van der Waals surface area (Å²) in [6.07, 6.45) is 1.46. The van der Waals surface area contributed by atoms with Gasteiger partial charge in [0.25, 0.3) is 11.8 Å². The van der Waals surface area contributed by atoms with E-state index in [1.807, 2.05) is 19.1 Å². The lowest BCUT2D eigenvalue weighted by Gasteiger charge is -2.29. The Balaban J connectivity index is 1.57. The van der Waals surface area contributed by atoms with E-state index in [-0.39, 0.29) is 22.9 Å². The van der Waals surface area contributed by atoms with Crippen LogP contribution in [0.4, 0.5) is 5.69 Å². The van der Waals surface area contributed by atoms with Crippen molar-refractivity contribution in [1.29, 1.82) is 0 Å². The fourth-order valence-electron chi connectivity index (χ4n) is 3.60. The van der Waals surface area contributed by atoms with Gasteiger partial charge in [-0.05, 0) is 72.7 Å². The highest BCUT2D eigenvalue weighted by molar-refractivity contribution is 7.80. The van der Waals surface area contributed by atoms with Crippen molar-refractivity contribution in [3.63, 3.8) is 0 Å². The van der Waals surface area contributed by atoms with E-state index in [0.29, 0.717) is 28.3 Å². The van der Waals surface area contributed by atoms with E-state index in [1.54, 1.807) is 42.5 Å². The number of carbonyl (C=O) groups excluding carboxylic acids is 2. The number of benzene rings is 3. The number of ether oxygens (including phenoxy) is 2. The normalized spacial score (nSPS) is 14.6. The second kappa shape index (κ2) is 10.4. The standard InChI is InChI=1S/C27H22N2O6S/c1-16-6-9-20(10-7-16)29-25(31)21(24(30)28-27(29)36)13-17-8-11-22(23(14-17)34-2)35-15-18-4-3-5-19(12-18)26(32)33/h3-14H,15H2,1-2H3,(H,32,33)(H,28,30,36). The third-order valence-corrected chi connectivity index (χ3v) is 5.75. The molecule has 0 unspecified atom stereocenters. The number of aromatic carboxylic acids is 1. The molecular weight excluding hydrogens is 480 g/mol. The van der Waals surface area contributed by atoms with E-state index in [1.165, 1.54) is 30.2 Å². The molecular formula is C27H22N2O6S. The van der Waals surface area contributed by atoms with Crippen molar-refractivity contribution < 1.29 is 29.0 Å². The molecule has 0 saturated carbocycles. The Morgan fingerprint density at radius 1 is 1.06 bits per heavy atom. The summed E-state index contributed by atoms with van der Waals surface area (Å²) in [7, 11) is 1.47. The van der Waals surface area contributed by atoms with Crippen molar-refractivity contribution in [1.82, 2.24) is 5.32 Å². The van der Waals surface area contributed by atoms with Gasteiger partial charge in [0, 0.05) is 0 Å². The number of thiocarbonyl (C=S) groups is 1.